The molecule has 3 nitrogen and oxygen atoms in total. The zero-order valence-electron chi connectivity index (χ0n) is 12.4. The Balaban J connectivity index is 1.98. The van der Waals surface area contributed by atoms with Crippen molar-refractivity contribution in [3.05, 3.63) is 36.4 Å². The van der Waals surface area contributed by atoms with Crippen molar-refractivity contribution in [3.63, 3.8) is 0 Å². The zero-order chi connectivity index (χ0) is 14.4. The van der Waals surface area contributed by atoms with Crippen molar-refractivity contribution in [3.8, 4) is 5.75 Å². The van der Waals surface area contributed by atoms with Crippen LogP contribution in [0, 0.1) is 0 Å². The molecule has 0 spiro atoms. The first-order valence-corrected chi connectivity index (χ1v) is 7.38. The third kappa shape index (κ3) is 3.42. The van der Waals surface area contributed by atoms with Gasteiger partial charge in [0.25, 0.3) is 0 Å². The minimum atomic E-state index is 0.740. The average Bonchev–Trinajstić information content (AvgIpc) is 2.48. The summed E-state index contributed by atoms with van der Waals surface area (Å²) in [7, 11) is 0. The van der Waals surface area contributed by atoms with Crippen molar-refractivity contribution >= 4 is 16.5 Å². The molecule has 2 aromatic carbocycles. The average molecular weight is 272 g/mol. The van der Waals surface area contributed by atoms with Gasteiger partial charge in [0.15, 0.2) is 0 Å². The minimum Gasteiger partial charge on any atom is -0.493 e. The van der Waals surface area contributed by atoms with Crippen molar-refractivity contribution in [2.75, 3.05) is 32.0 Å². The van der Waals surface area contributed by atoms with E-state index >= 15 is 0 Å². The third-order valence-electron chi connectivity index (χ3n) is 3.69. The molecular formula is C17H24N2O. The van der Waals surface area contributed by atoms with Gasteiger partial charge in [-0.05, 0) is 31.6 Å². The van der Waals surface area contributed by atoms with Crippen LogP contribution in [0.1, 0.15) is 20.3 Å². The quantitative estimate of drug-likeness (QED) is 0.619. The number of ether oxygens (including phenoxy) is 1. The van der Waals surface area contributed by atoms with E-state index in [2.05, 4.69) is 24.8 Å². The van der Waals surface area contributed by atoms with E-state index in [1.54, 1.807) is 0 Å². The number of hydrogen-bond acceptors (Lipinski definition) is 3. The second-order valence-electron chi connectivity index (χ2n) is 4.93. The lowest BCUT2D eigenvalue weighted by molar-refractivity contribution is 0.250. The van der Waals surface area contributed by atoms with Crippen LogP contribution in [0.15, 0.2) is 36.4 Å². The fourth-order valence-corrected chi connectivity index (χ4v) is 2.44. The van der Waals surface area contributed by atoms with E-state index in [0.29, 0.717) is 0 Å². The highest BCUT2D eigenvalue weighted by atomic mass is 16.5. The maximum absolute atomic E-state index is 5.99. The molecule has 2 aromatic rings. The highest BCUT2D eigenvalue weighted by molar-refractivity contribution is 5.96. The predicted molar refractivity (Wildman–Crippen MR) is 86.3 cm³/mol. The van der Waals surface area contributed by atoms with E-state index in [1.807, 2.05) is 30.3 Å². The monoisotopic (exact) mass is 272 g/mol. The molecule has 0 amide bonds. The number of fused-ring (bicyclic) bond motifs is 1. The van der Waals surface area contributed by atoms with Crippen LogP contribution in [-0.4, -0.2) is 31.1 Å². The number of nitrogen functional groups attached to an aromatic ring is 1. The molecule has 20 heavy (non-hydrogen) atoms. The van der Waals surface area contributed by atoms with Crippen molar-refractivity contribution in [2.45, 2.75) is 20.3 Å². The van der Waals surface area contributed by atoms with Gasteiger partial charge in [-0.15, -0.1) is 0 Å². The van der Waals surface area contributed by atoms with Crippen molar-refractivity contribution < 1.29 is 4.74 Å². The molecule has 0 bridgehead atoms. The van der Waals surface area contributed by atoms with Gasteiger partial charge < -0.3 is 15.4 Å². The molecule has 2 N–H and O–H groups in total. The Hall–Kier alpha value is -1.74. The Morgan fingerprint density at radius 1 is 1.00 bits per heavy atom. The molecule has 2 rings (SSSR count). The van der Waals surface area contributed by atoms with Crippen LogP contribution in [0.5, 0.6) is 5.75 Å². The molecule has 0 heterocycles. The van der Waals surface area contributed by atoms with Crippen molar-refractivity contribution in [1.82, 2.24) is 4.90 Å². The normalized spacial score (nSPS) is 11.2. The number of hydrogen-bond donors (Lipinski definition) is 1. The summed E-state index contributed by atoms with van der Waals surface area (Å²) in [5.41, 5.74) is 6.80. The maximum atomic E-state index is 5.99. The van der Waals surface area contributed by atoms with E-state index in [9.17, 15) is 0 Å². The van der Waals surface area contributed by atoms with Crippen LogP contribution >= 0.6 is 0 Å². The zero-order valence-corrected chi connectivity index (χ0v) is 12.4. The van der Waals surface area contributed by atoms with E-state index in [0.717, 1.165) is 54.9 Å². The summed E-state index contributed by atoms with van der Waals surface area (Å²) in [6.07, 6.45) is 1.04. The van der Waals surface area contributed by atoms with E-state index in [1.165, 1.54) is 0 Å². The van der Waals surface area contributed by atoms with Gasteiger partial charge >= 0.3 is 0 Å². The number of nitrogens with zero attached hydrogens (tertiary/aromatic N) is 1. The summed E-state index contributed by atoms with van der Waals surface area (Å²) in [6, 6.07) is 12.0. The predicted octanol–water partition coefficient (Wildman–Crippen LogP) is 3.53. The molecule has 0 radical (unpaired) electrons. The molecule has 0 aliphatic heterocycles. The van der Waals surface area contributed by atoms with Crippen LogP contribution in [0.2, 0.25) is 0 Å². The van der Waals surface area contributed by atoms with Crippen LogP contribution in [0.25, 0.3) is 10.8 Å². The Morgan fingerprint density at radius 2 is 1.70 bits per heavy atom. The standard InChI is InChI=1S/C17H24N2O/c1-3-19(4-2)12-7-13-20-17-11-6-8-14-15(17)9-5-10-16(14)18/h5-6,8-11H,3-4,7,12-13,18H2,1-2H3. The van der Waals surface area contributed by atoms with E-state index in [-0.39, 0.29) is 0 Å². The number of nitrogens with two attached hydrogens (primary N) is 1. The maximum Gasteiger partial charge on any atom is 0.127 e. The molecule has 0 saturated carbocycles. The van der Waals surface area contributed by atoms with Crippen molar-refractivity contribution in [1.29, 1.82) is 0 Å². The smallest absolute Gasteiger partial charge is 0.127 e. The molecule has 0 saturated heterocycles. The van der Waals surface area contributed by atoms with E-state index in [4.69, 9.17) is 10.5 Å². The van der Waals surface area contributed by atoms with E-state index < -0.39 is 0 Å². The van der Waals surface area contributed by atoms with Gasteiger partial charge in [-0.2, -0.15) is 0 Å². The number of benzene rings is 2. The molecule has 0 aliphatic carbocycles. The molecule has 0 atom stereocenters. The molecule has 0 fully saturated rings. The van der Waals surface area contributed by atoms with Gasteiger partial charge in [0.1, 0.15) is 5.75 Å². The van der Waals surface area contributed by atoms with Crippen LogP contribution in [-0.2, 0) is 0 Å². The summed E-state index contributed by atoms with van der Waals surface area (Å²) >= 11 is 0. The molecule has 0 unspecified atom stereocenters. The first-order chi connectivity index (χ1) is 9.76. The van der Waals surface area contributed by atoms with Gasteiger partial charge in [0.2, 0.25) is 0 Å². The second kappa shape index (κ2) is 7.15. The lowest BCUT2D eigenvalue weighted by atomic mass is 10.1. The van der Waals surface area contributed by atoms with Crippen LogP contribution in [0.3, 0.4) is 0 Å². The number of anilines is 1. The molecule has 0 aliphatic rings. The Bertz CT molecular complexity index is 550. The molecular weight excluding hydrogens is 248 g/mol. The van der Waals surface area contributed by atoms with Gasteiger partial charge in [0.05, 0.1) is 6.61 Å². The van der Waals surface area contributed by atoms with Gasteiger partial charge in [-0.1, -0.05) is 38.1 Å². The molecule has 108 valence electrons. The summed E-state index contributed by atoms with van der Waals surface area (Å²) < 4.78 is 5.93. The highest BCUT2D eigenvalue weighted by Crippen LogP contribution is 2.29. The Morgan fingerprint density at radius 3 is 2.45 bits per heavy atom. The van der Waals surface area contributed by atoms with Crippen molar-refractivity contribution in [2.24, 2.45) is 0 Å². The van der Waals surface area contributed by atoms with Crippen LogP contribution in [0.4, 0.5) is 5.69 Å². The SMILES string of the molecule is CCN(CC)CCCOc1cccc2c(N)cccc12. The van der Waals surface area contributed by atoms with Gasteiger partial charge in [-0.25, -0.2) is 0 Å². The van der Waals surface area contributed by atoms with Gasteiger partial charge in [-0.3, -0.25) is 0 Å². The fourth-order valence-electron chi connectivity index (χ4n) is 2.44. The summed E-state index contributed by atoms with van der Waals surface area (Å²) in [6.45, 7) is 8.41. The Labute approximate surface area is 121 Å². The second-order valence-corrected chi connectivity index (χ2v) is 4.93. The largest absolute Gasteiger partial charge is 0.493 e. The topological polar surface area (TPSA) is 38.5 Å². The number of rotatable bonds is 7. The minimum absolute atomic E-state index is 0.740. The summed E-state index contributed by atoms with van der Waals surface area (Å²) in [5, 5.41) is 2.16. The first kappa shape index (κ1) is 14.7. The lowest BCUT2D eigenvalue weighted by Gasteiger charge is -2.18. The van der Waals surface area contributed by atoms with Gasteiger partial charge in [0, 0.05) is 23.0 Å². The first-order valence-electron chi connectivity index (χ1n) is 7.38. The lowest BCUT2D eigenvalue weighted by Crippen LogP contribution is -2.25. The highest BCUT2D eigenvalue weighted by Gasteiger charge is 2.04. The fraction of sp³-hybridized carbons (Fsp3) is 0.412. The van der Waals surface area contributed by atoms with Crippen LogP contribution < -0.4 is 10.5 Å². The molecule has 3 heteroatoms. The third-order valence-corrected chi connectivity index (χ3v) is 3.69. The Kier molecular flexibility index (Phi) is 5.24. The summed E-state index contributed by atoms with van der Waals surface area (Å²) in [5.74, 6) is 0.925. The summed E-state index contributed by atoms with van der Waals surface area (Å²) in [4.78, 5) is 2.41. The molecule has 0 aromatic heterocycles.